The van der Waals surface area contributed by atoms with Crippen molar-refractivity contribution in [3.63, 3.8) is 0 Å². The minimum Gasteiger partial charge on any atom is -0.474 e. The van der Waals surface area contributed by atoms with E-state index >= 15 is 0 Å². The van der Waals surface area contributed by atoms with E-state index in [1.165, 1.54) is 0 Å². The number of rotatable bonds is 6. The van der Waals surface area contributed by atoms with Crippen LogP contribution in [0.2, 0.25) is 15.1 Å². The van der Waals surface area contributed by atoms with Gasteiger partial charge in [0.25, 0.3) is 5.91 Å². The molecule has 0 saturated carbocycles. The Bertz CT molecular complexity index is 1160. The summed E-state index contributed by atoms with van der Waals surface area (Å²) in [7, 11) is 3.82. The molecule has 1 amide bonds. The highest BCUT2D eigenvalue weighted by atomic mass is 35.5. The number of amides is 1. The number of anilines is 1. The largest absolute Gasteiger partial charge is 0.474 e. The molecule has 1 saturated heterocycles. The van der Waals surface area contributed by atoms with Gasteiger partial charge in [-0.3, -0.25) is 4.79 Å². The fraction of sp³-hybridized carbons (Fsp3) is 0.320. The number of ether oxygens (including phenoxy) is 1. The van der Waals surface area contributed by atoms with Crippen LogP contribution in [0.3, 0.4) is 0 Å². The molecule has 34 heavy (non-hydrogen) atoms. The monoisotopic (exact) mass is 518 g/mol. The van der Waals surface area contributed by atoms with Gasteiger partial charge in [-0.2, -0.15) is 0 Å². The Hall–Kier alpha value is -2.54. The van der Waals surface area contributed by atoms with Gasteiger partial charge in [0, 0.05) is 57.5 Å². The topological polar surface area (TPSA) is 58.6 Å². The Labute approximate surface area is 214 Å². The number of hydrogen-bond donors (Lipinski definition) is 0. The van der Waals surface area contributed by atoms with Crippen molar-refractivity contribution in [3.05, 3.63) is 81.1 Å². The van der Waals surface area contributed by atoms with Gasteiger partial charge in [-0.1, -0.05) is 40.9 Å². The molecule has 3 aromatic rings. The van der Waals surface area contributed by atoms with Crippen molar-refractivity contribution in [2.24, 2.45) is 5.92 Å². The molecule has 1 aromatic carbocycles. The quantitative estimate of drug-likeness (QED) is 0.410. The Morgan fingerprint density at radius 1 is 1.03 bits per heavy atom. The van der Waals surface area contributed by atoms with Crippen LogP contribution in [0.25, 0.3) is 0 Å². The summed E-state index contributed by atoms with van der Waals surface area (Å²) >= 11 is 18.4. The van der Waals surface area contributed by atoms with E-state index in [2.05, 4.69) is 9.97 Å². The van der Waals surface area contributed by atoms with E-state index in [0.29, 0.717) is 39.6 Å². The fourth-order valence-corrected chi connectivity index (χ4v) is 4.65. The van der Waals surface area contributed by atoms with Crippen molar-refractivity contribution in [2.45, 2.75) is 18.9 Å². The number of hydrogen-bond acceptors (Lipinski definition) is 5. The van der Waals surface area contributed by atoms with Crippen molar-refractivity contribution >= 4 is 46.5 Å². The standard InChI is InChI=1S/C25H25Cl3N4O2/c1-15(34-24-9-6-18(26)12-30-24)19-13-32(14-20(19)16-4-7-21(27)22(28)10-16)25(33)17-5-8-23(29-11-17)31(2)3/h4-12,15,19-20H,13-14H2,1-3H3. The molecular weight excluding hydrogens is 495 g/mol. The predicted molar refractivity (Wildman–Crippen MR) is 136 cm³/mol. The van der Waals surface area contributed by atoms with Gasteiger partial charge in [-0.15, -0.1) is 0 Å². The second-order valence-corrected chi connectivity index (χ2v) is 9.84. The Balaban J connectivity index is 1.59. The number of aromatic nitrogens is 2. The normalized spacial score (nSPS) is 18.6. The van der Waals surface area contributed by atoms with Crippen LogP contribution < -0.4 is 9.64 Å². The summed E-state index contributed by atoms with van der Waals surface area (Å²) in [5, 5.41) is 1.52. The molecule has 3 heterocycles. The number of carbonyl (C=O) groups excluding carboxylic acids is 1. The second kappa shape index (κ2) is 10.4. The summed E-state index contributed by atoms with van der Waals surface area (Å²) in [5.74, 6) is 1.23. The van der Waals surface area contributed by atoms with Gasteiger partial charge in [0.2, 0.25) is 5.88 Å². The van der Waals surface area contributed by atoms with Crippen LogP contribution in [0.5, 0.6) is 5.88 Å². The van der Waals surface area contributed by atoms with Crippen molar-refractivity contribution in [3.8, 4) is 5.88 Å². The van der Waals surface area contributed by atoms with Crippen molar-refractivity contribution in [1.82, 2.24) is 14.9 Å². The second-order valence-electron chi connectivity index (χ2n) is 8.59. The van der Waals surface area contributed by atoms with Gasteiger partial charge in [-0.05, 0) is 42.8 Å². The van der Waals surface area contributed by atoms with Crippen LogP contribution in [0.1, 0.15) is 28.8 Å². The highest BCUT2D eigenvalue weighted by Gasteiger charge is 2.40. The van der Waals surface area contributed by atoms with Gasteiger partial charge in [0.1, 0.15) is 11.9 Å². The van der Waals surface area contributed by atoms with Crippen molar-refractivity contribution < 1.29 is 9.53 Å². The van der Waals surface area contributed by atoms with E-state index in [1.807, 2.05) is 55.1 Å². The number of pyridine rings is 2. The highest BCUT2D eigenvalue weighted by Crippen LogP contribution is 2.38. The number of nitrogens with zero attached hydrogens (tertiary/aromatic N) is 4. The summed E-state index contributed by atoms with van der Waals surface area (Å²) in [6.07, 6.45) is 2.95. The molecule has 4 rings (SSSR count). The van der Waals surface area contributed by atoms with Crippen LogP contribution in [0, 0.1) is 5.92 Å². The molecule has 1 aliphatic rings. The molecule has 0 bridgehead atoms. The van der Waals surface area contributed by atoms with Crippen molar-refractivity contribution in [2.75, 3.05) is 32.1 Å². The molecule has 6 nitrogen and oxygen atoms in total. The smallest absolute Gasteiger partial charge is 0.255 e. The summed E-state index contributed by atoms with van der Waals surface area (Å²) in [4.78, 5) is 25.7. The van der Waals surface area contributed by atoms with E-state index in [1.54, 1.807) is 30.6 Å². The molecule has 178 valence electrons. The lowest BCUT2D eigenvalue weighted by atomic mass is 9.86. The molecule has 0 aliphatic carbocycles. The third kappa shape index (κ3) is 5.40. The van der Waals surface area contributed by atoms with E-state index in [-0.39, 0.29) is 23.8 Å². The van der Waals surface area contributed by atoms with Crippen LogP contribution in [0.4, 0.5) is 5.82 Å². The Morgan fingerprint density at radius 2 is 1.82 bits per heavy atom. The lowest BCUT2D eigenvalue weighted by Crippen LogP contribution is -2.32. The summed E-state index contributed by atoms with van der Waals surface area (Å²) in [6, 6.07) is 12.7. The number of halogens is 3. The first-order chi connectivity index (χ1) is 16.2. The van der Waals surface area contributed by atoms with E-state index in [9.17, 15) is 4.79 Å². The zero-order valence-corrected chi connectivity index (χ0v) is 21.3. The summed E-state index contributed by atoms with van der Waals surface area (Å²) < 4.78 is 6.15. The first kappa shape index (κ1) is 24.6. The zero-order chi connectivity index (χ0) is 24.4. The molecule has 0 N–H and O–H groups in total. The fourth-order valence-electron chi connectivity index (χ4n) is 4.24. The lowest BCUT2D eigenvalue weighted by molar-refractivity contribution is 0.0769. The molecule has 3 unspecified atom stereocenters. The van der Waals surface area contributed by atoms with E-state index in [0.717, 1.165) is 11.4 Å². The number of likely N-dealkylation sites (tertiary alicyclic amines) is 1. The molecule has 2 aromatic heterocycles. The Morgan fingerprint density at radius 3 is 2.44 bits per heavy atom. The Kier molecular flexibility index (Phi) is 7.51. The van der Waals surface area contributed by atoms with Crippen LogP contribution in [0.15, 0.2) is 54.9 Å². The SMILES string of the molecule is CC(Oc1ccc(Cl)cn1)C1CN(C(=O)c2ccc(N(C)C)nc2)CC1c1ccc(Cl)c(Cl)c1. The van der Waals surface area contributed by atoms with Crippen LogP contribution >= 0.6 is 34.8 Å². The molecule has 0 spiro atoms. The average Bonchev–Trinajstić information content (AvgIpc) is 3.27. The van der Waals surface area contributed by atoms with E-state index in [4.69, 9.17) is 39.5 Å². The molecule has 3 atom stereocenters. The molecule has 1 fully saturated rings. The minimum atomic E-state index is -0.222. The van der Waals surface area contributed by atoms with Gasteiger partial charge in [-0.25, -0.2) is 9.97 Å². The van der Waals surface area contributed by atoms with Crippen LogP contribution in [-0.2, 0) is 0 Å². The summed E-state index contributed by atoms with van der Waals surface area (Å²) in [6.45, 7) is 3.04. The highest BCUT2D eigenvalue weighted by molar-refractivity contribution is 6.42. The molecule has 9 heteroatoms. The minimum absolute atomic E-state index is 0.00711. The van der Waals surface area contributed by atoms with Gasteiger partial charge >= 0.3 is 0 Å². The maximum atomic E-state index is 13.3. The predicted octanol–water partition coefficient (Wildman–Crippen LogP) is 5.83. The molecular formula is C25H25Cl3N4O2. The number of benzene rings is 1. The first-order valence-electron chi connectivity index (χ1n) is 10.9. The average molecular weight is 520 g/mol. The van der Waals surface area contributed by atoms with Gasteiger partial charge in [0.15, 0.2) is 0 Å². The molecule has 1 aliphatic heterocycles. The van der Waals surface area contributed by atoms with Crippen molar-refractivity contribution in [1.29, 1.82) is 0 Å². The maximum Gasteiger partial charge on any atom is 0.255 e. The van der Waals surface area contributed by atoms with E-state index < -0.39 is 0 Å². The third-order valence-corrected chi connectivity index (χ3v) is 7.05. The van der Waals surface area contributed by atoms with Crippen LogP contribution in [-0.4, -0.2) is 54.1 Å². The maximum absolute atomic E-state index is 13.3. The third-order valence-electron chi connectivity index (χ3n) is 6.09. The van der Waals surface area contributed by atoms with Gasteiger partial charge in [0.05, 0.1) is 20.6 Å². The molecule has 0 radical (unpaired) electrons. The zero-order valence-electron chi connectivity index (χ0n) is 19.1. The number of carbonyl (C=O) groups is 1. The van der Waals surface area contributed by atoms with Gasteiger partial charge < -0.3 is 14.5 Å². The lowest BCUT2D eigenvalue weighted by Gasteiger charge is -2.25. The first-order valence-corrected chi connectivity index (χ1v) is 12.0. The summed E-state index contributed by atoms with van der Waals surface area (Å²) in [5.41, 5.74) is 1.56.